The highest BCUT2D eigenvalue weighted by Gasteiger charge is 2.38. The molecule has 0 aliphatic carbocycles. The van der Waals surface area contributed by atoms with Crippen molar-refractivity contribution in [3.8, 4) is 70.6 Å². The molecule has 0 radical (unpaired) electrons. The SMILES string of the molecule is C#Cc1ccccc1.C(#Cc1ccc(-c2noc(C3CCCN3)n2)nc1)c1ccccc1.CC(C)(C)OC(=O)N1CCCC1c1nc(-c2ccc(Br)cn2)no1.CC(C)(C)OC(=O)N1CCCC1c1nc(-c2ccc(C#Cc3ccccc3)cn2)no1.Cl. The van der Waals surface area contributed by atoms with Crippen LogP contribution >= 0.6 is 28.3 Å². The second-order valence-corrected chi connectivity index (χ2v) is 23.1. The third kappa shape index (κ3) is 18.7. The van der Waals surface area contributed by atoms with E-state index in [-0.39, 0.29) is 42.7 Å². The van der Waals surface area contributed by atoms with Gasteiger partial charge < -0.3 is 28.4 Å². The number of nitrogens with zero attached hydrogens (tertiary/aromatic N) is 11. The van der Waals surface area contributed by atoms with Crippen LogP contribution in [-0.2, 0) is 9.47 Å². The van der Waals surface area contributed by atoms with E-state index in [0.29, 0.717) is 65.3 Å². The van der Waals surface area contributed by atoms with Crippen LogP contribution in [0, 0.1) is 36.0 Å². The lowest BCUT2D eigenvalue weighted by molar-refractivity contribution is 0.0190. The summed E-state index contributed by atoms with van der Waals surface area (Å²) in [6.07, 6.45) is 14.9. The van der Waals surface area contributed by atoms with E-state index in [1.54, 1.807) is 34.5 Å². The van der Waals surface area contributed by atoms with E-state index in [0.717, 1.165) is 77.4 Å². The zero-order valence-electron chi connectivity index (χ0n) is 49.6. The number of amides is 2. The second kappa shape index (κ2) is 30.7. The third-order valence-corrected chi connectivity index (χ3v) is 13.6. The van der Waals surface area contributed by atoms with Crippen LogP contribution in [0.4, 0.5) is 9.59 Å². The maximum absolute atomic E-state index is 12.5. The molecule has 3 aliphatic heterocycles. The van der Waals surface area contributed by atoms with Gasteiger partial charge in [0.25, 0.3) is 0 Å². The minimum atomic E-state index is -0.556. The van der Waals surface area contributed by atoms with E-state index in [1.807, 2.05) is 163 Å². The molecule has 9 heterocycles. The first-order chi connectivity index (χ1) is 42.0. The smallest absolute Gasteiger partial charge is 0.410 e. The molecule has 450 valence electrons. The van der Waals surface area contributed by atoms with Crippen molar-refractivity contribution in [1.29, 1.82) is 0 Å². The summed E-state index contributed by atoms with van der Waals surface area (Å²) >= 11 is 3.34. The van der Waals surface area contributed by atoms with Crippen molar-refractivity contribution in [2.24, 2.45) is 0 Å². The molecule has 3 fully saturated rings. The number of terminal acetylenes is 1. The predicted octanol–water partition coefficient (Wildman–Crippen LogP) is 13.6. The van der Waals surface area contributed by atoms with Crippen molar-refractivity contribution in [2.75, 3.05) is 19.6 Å². The van der Waals surface area contributed by atoms with Crippen LogP contribution in [0.2, 0.25) is 0 Å². The van der Waals surface area contributed by atoms with Crippen molar-refractivity contribution < 1.29 is 32.6 Å². The van der Waals surface area contributed by atoms with Crippen LogP contribution in [-0.4, -0.2) is 98.2 Å². The molecule has 21 heteroatoms. The van der Waals surface area contributed by atoms with Gasteiger partial charge in [-0.1, -0.05) is 99.7 Å². The summed E-state index contributed by atoms with van der Waals surface area (Å²) in [5.41, 5.74) is 5.31. The summed E-state index contributed by atoms with van der Waals surface area (Å²) in [5.74, 6) is 17.7. The molecule has 3 unspecified atom stereocenters. The van der Waals surface area contributed by atoms with Gasteiger partial charge in [0, 0.05) is 64.0 Å². The molecule has 3 saturated heterocycles. The average Bonchev–Trinajstić information content (AvgIpc) is 4.47. The highest BCUT2D eigenvalue weighted by atomic mass is 79.9. The van der Waals surface area contributed by atoms with Gasteiger partial charge in [0.15, 0.2) is 0 Å². The molecular formula is C67H66BrClN12O7. The van der Waals surface area contributed by atoms with Gasteiger partial charge in [0.2, 0.25) is 35.1 Å². The summed E-state index contributed by atoms with van der Waals surface area (Å²) < 4.78 is 28.0. The van der Waals surface area contributed by atoms with E-state index in [2.05, 4.69) is 96.2 Å². The Hall–Kier alpha value is -9.52. The number of pyridine rings is 3. The number of rotatable bonds is 6. The standard InChI is InChI=1S/C24H24N4O3.C19H16N4O.C16H19BrN4O3.C8H6.ClH/c1-24(2,3)30-23(29)28-15-7-10-20(28)22-26-21(27-31-22)19-14-13-18(16-25-19)12-11-17-8-5-4-6-9-17;1-2-5-14(6-3-1)8-9-15-10-11-16(21-13-15)18-22-19(24-23-18)17-7-4-12-20-17;1-16(2,3)23-15(22)21-8-4-5-12(21)14-19-13(20-24-14)11-7-6-10(17)9-18-11;1-2-8-6-4-3-5-7-8;/h4-6,8-9,13-14,16,20H,7,10,15H2,1-3H3;1-3,5-6,10-11,13,17,20H,4,7,12H2;6-7,9,12H,4-5,8H2,1-3H3;1,3-7H;1H. The Labute approximate surface area is 526 Å². The second-order valence-electron chi connectivity index (χ2n) is 22.1. The summed E-state index contributed by atoms with van der Waals surface area (Å²) in [6.45, 7) is 13.3. The Morgan fingerprint density at radius 3 is 1.28 bits per heavy atom. The molecule has 0 saturated carbocycles. The Morgan fingerprint density at radius 1 is 0.523 bits per heavy atom. The van der Waals surface area contributed by atoms with Crippen LogP contribution in [0.3, 0.4) is 0 Å². The van der Waals surface area contributed by atoms with Crippen molar-refractivity contribution in [3.05, 3.63) is 196 Å². The lowest BCUT2D eigenvalue weighted by Gasteiger charge is -2.27. The maximum Gasteiger partial charge on any atom is 0.410 e. The number of benzene rings is 3. The Morgan fingerprint density at radius 2 is 0.920 bits per heavy atom. The van der Waals surface area contributed by atoms with Gasteiger partial charge in [0.1, 0.15) is 40.4 Å². The Kier molecular flexibility index (Phi) is 22.5. The Balaban J connectivity index is 0.000000161. The fourth-order valence-electron chi connectivity index (χ4n) is 9.02. The van der Waals surface area contributed by atoms with Gasteiger partial charge in [-0.05, 0) is 175 Å². The summed E-state index contributed by atoms with van der Waals surface area (Å²) in [5, 5.41) is 15.4. The van der Waals surface area contributed by atoms with Crippen LogP contribution in [0.1, 0.15) is 144 Å². The zero-order chi connectivity index (χ0) is 61.2. The molecule has 3 aromatic carbocycles. The molecule has 3 aliphatic rings. The lowest BCUT2D eigenvalue weighted by atomic mass is 10.2. The number of hydrogen-bond donors (Lipinski definition) is 1. The molecule has 6 aromatic heterocycles. The summed E-state index contributed by atoms with van der Waals surface area (Å²) in [6, 6.07) is 40.0. The number of likely N-dealkylation sites (tertiary alicyclic amines) is 2. The largest absolute Gasteiger partial charge is 0.444 e. The van der Waals surface area contributed by atoms with E-state index in [1.165, 1.54) is 0 Å². The molecule has 12 rings (SSSR count). The van der Waals surface area contributed by atoms with Gasteiger partial charge in [-0.25, -0.2) is 9.59 Å². The number of carbonyl (C=O) groups is 2. The first-order valence-electron chi connectivity index (χ1n) is 28.5. The maximum atomic E-state index is 12.5. The monoisotopic (exact) mass is 1260 g/mol. The first kappa shape index (κ1) is 64.5. The molecule has 0 bridgehead atoms. The van der Waals surface area contributed by atoms with Gasteiger partial charge >= 0.3 is 12.2 Å². The summed E-state index contributed by atoms with van der Waals surface area (Å²) in [7, 11) is 0. The number of halogens is 2. The molecule has 2 amide bonds. The normalized spacial score (nSPS) is 15.8. The highest BCUT2D eigenvalue weighted by molar-refractivity contribution is 9.10. The third-order valence-electron chi connectivity index (χ3n) is 13.1. The molecule has 1 N–H and O–H groups in total. The van der Waals surface area contributed by atoms with E-state index >= 15 is 0 Å². The van der Waals surface area contributed by atoms with E-state index in [9.17, 15) is 9.59 Å². The molecule has 9 aromatic rings. The quantitative estimate of drug-likeness (QED) is 0.153. The van der Waals surface area contributed by atoms with Gasteiger partial charge in [-0.3, -0.25) is 24.8 Å². The summed E-state index contributed by atoms with van der Waals surface area (Å²) in [4.78, 5) is 54.6. The van der Waals surface area contributed by atoms with Gasteiger partial charge in [-0.2, -0.15) is 15.0 Å². The van der Waals surface area contributed by atoms with E-state index in [4.69, 9.17) is 29.5 Å². The van der Waals surface area contributed by atoms with Crippen LogP contribution in [0.25, 0.3) is 34.6 Å². The fraction of sp³-hybridized carbons (Fsp3) is 0.299. The topological polar surface area (TPSA) is 227 Å². The molecule has 0 spiro atoms. The number of ether oxygens (including phenoxy) is 2. The van der Waals surface area contributed by atoms with Crippen LogP contribution < -0.4 is 5.32 Å². The van der Waals surface area contributed by atoms with E-state index < -0.39 is 11.2 Å². The zero-order valence-corrected chi connectivity index (χ0v) is 52.0. The van der Waals surface area contributed by atoms with Crippen molar-refractivity contribution in [2.45, 2.75) is 109 Å². The lowest BCUT2D eigenvalue weighted by Crippen LogP contribution is -2.36. The van der Waals surface area contributed by atoms with Crippen LogP contribution in [0.15, 0.2) is 164 Å². The molecule has 88 heavy (non-hydrogen) atoms. The first-order valence-corrected chi connectivity index (χ1v) is 29.3. The Bertz CT molecular complexity index is 3860. The molecule has 19 nitrogen and oxygen atoms in total. The highest BCUT2D eigenvalue weighted by Crippen LogP contribution is 2.35. The molecular weight excluding hydrogens is 1200 g/mol. The fourth-order valence-corrected chi connectivity index (χ4v) is 9.26. The average molecular weight is 1270 g/mol. The van der Waals surface area contributed by atoms with Gasteiger partial charge in [0.05, 0.1) is 6.04 Å². The number of hydrogen-bond acceptors (Lipinski definition) is 17. The minimum Gasteiger partial charge on any atom is -0.444 e. The molecule has 3 atom stereocenters. The minimum absolute atomic E-state index is 0. The number of nitrogens with one attached hydrogen (secondary N) is 1. The van der Waals surface area contributed by atoms with Crippen molar-refractivity contribution in [1.82, 2.24) is 60.5 Å². The number of aromatic nitrogens is 9. The number of carbonyl (C=O) groups excluding carboxylic acids is 2. The van der Waals surface area contributed by atoms with Crippen molar-refractivity contribution >= 4 is 40.5 Å². The predicted molar refractivity (Wildman–Crippen MR) is 337 cm³/mol. The van der Waals surface area contributed by atoms with Gasteiger partial charge in [-0.15, -0.1) is 18.8 Å². The van der Waals surface area contributed by atoms with Crippen LogP contribution in [0.5, 0.6) is 0 Å². The van der Waals surface area contributed by atoms with Crippen molar-refractivity contribution in [3.63, 3.8) is 0 Å².